The van der Waals surface area contributed by atoms with E-state index < -0.39 is 35.6 Å². The van der Waals surface area contributed by atoms with Crippen molar-refractivity contribution in [3.05, 3.63) is 71.3 Å². The zero-order valence-corrected chi connectivity index (χ0v) is 21.8. The summed E-state index contributed by atoms with van der Waals surface area (Å²) in [5.74, 6) is -2.85. The molecule has 0 aliphatic heterocycles. The molecule has 0 bridgehead atoms. The van der Waals surface area contributed by atoms with E-state index in [4.69, 9.17) is 9.26 Å². The Morgan fingerprint density at radius 3 is 2.54 bits per heavy atom. The Hall–Kier alpha value is -4.32. The van der Waals surface area contributed by atoms with Gasteiger partial charge in [0.15, 0.2) is 11.6 Å². The molecule has 0 radical (unpaired) electrons. The van der Waals surface area contributed by atoms with Crippen molar-refractivity contribution < 1.29 is 37.2 Å². The SMILES string of the molecule is COC(=O)CCC[C@@H](COC(=O)Nc1onc(-c2ccccc2)c1C)N(NCc1cccc(F)c1F)C(C)=O. The molecule has 0 saturated heterocycles. The van der Waals surface area contributed by atoms with Crippen molar-refractivity contribution in [2.45, 2.75) is 45.7 Å². The number of halogens is 2. The highest BCUT2D eigenvalue weighted by Crippen LogP contribution is 2.27. The zero-order chi connectivity index (χ0) is 28.4. The molecular formula is C27H30F2N4O6. The summed E-state index contributed by atoms with van der Waals surface area (Å²) < 4.78 is 43.0. The van der Waals surface area contributed by atoms with E-state index in [1.54, 1.807) is 6.92 Å². The van der Waals surface area contributed by atoms with Crippen LogP contribution in [0.5, 0.6) is 0 Å². The summed E-state index contributed by atoms with van der Waals surface area (Å²) in [5.41, 5.74) is 4.75. The first-order chi connectivity index (χ1) is 18.7. The summed E-state index contributed by atoms with van der Waals surface area (Å²) in [4.78, 5) is 36.6. The number of benzene rings is 2. The number of hydrogen-bond acceptors (Lipinski definition) is 8. The Kier molecular flexibility index (Phi) is 10.5. The van der Waals surface area contributed by atoms with Crippen LogP contribution in [0.15, 0.2) is 53.1 Å². The maximum absolute atomic E-state index is 14.1. The van der Waals surface area contributed by atoms with Gasteiger partial charge in [0.1, 0.15) is 12.3 Å². The number of ether oxygens (including phenoxy) is 2. The predicted molar refractivity (Wildman–Crippen MR) is 137 cm³/mol. The fourth-order valence-electron chi connectivity index (χ4n) is 3.84. The van der Waals surface area contributed by atoms with Crippen molar-refractivity contribution in [2.24, 2.45) is 0 Å². The maximum atomic E-state index is 14.1. The van der Waals surface area contributed by atoms with Crippen molar-refractivity contribution in [3.8, 4) is 11.3 Å². The van der Waals surface area contributed by atoms with Gasteiger partial charge in [-0.15, -0.1) is 0 Å². The third kappa shape index (κ3) is 8.08. The van der Waals surface area contributed by atoms with Crippen molar-refractivity contribution in [3.63, 3.8) is 0 Å². The van der Waals surface area contributed by atoms with Gasteiger partial charge < -0.3 is 14.0 Å². The number of hydrazine groups is 1. The molecule has 3 rings (SSSR count). The third-order valence-corrected chi connectivity index (χ3v) is 5.92. The van der Waals surface area contributed by atoms with Gasteiger partial charge in [0.05, 0.1) is 13.2 Å². The second-order valence-corrected chi connectivity index (χ2v) is 8.63. The molecule has 2 aromatic carbocycles. The molecular weight excluding hydrogens is 514 g/mol. The monoisotopic (exact) mass is 544 g/mol. The second kappa shape index (κ2) is 14.0. The molecule has 1 aromatic heterocycles. The fraction of sp³-hybridized carbons (Fsp3) is 0.333. The first-order valence-electron chi connectivity index (χ1n) is 12.2. The predicted octanol–water partition coefficient (Wildman–Crippen LogP) is 4.74. The lowest BCUT2D eigenvalue weighted by atomic mass is 10.1. The number of carbonyl (C=O) groups is 3. The molecule has 12 heteroatoms. The Balaban J connectivity index is 1.68. The average molecular weight is 545 g/mol. The Morgan fingerprint density at radius 1 is 1.10 bits per heavy atom. The molecule has 10 nitrogen and oxygen atoms in total. The van der Waals surface area contributed by atoms with Crippen LogP contribution in [0.3, 0.4) is 0 Å². The second-order valence-electron chi connectivity index (χ2n) is 8.63. The molecule has 0 aliphatic rings. The summed E-state index contributed by atoms with van der Waals surface area (Å²) in [5, 5.41) is 7.68. The van der Waals surface area contributed by atoms with E-state index in [2.05, 4.69) is 20.6 Å². The van der Waals surface area contributed by atoms with Crippen molar-refractivity contribution in [2.75, 3.05) is 19.0 Å². The summed E-state index contributed by atoms with van der Waals surface area (Å²) in [7, 11) is 1.26. The quantitative estimate of drug-likeness (QED) is 0.248. The van der Waals surface area contributed by atoms with Crippen LogP contribution < -0.4 is 10.7 Å². The lowest BCUT2D eigenvalue weighted by molar-refractivity contribution is -0.140. The van der Waals surface area contributed by atoms with Crippen LogP contribution in [0.25, 0.3) is 11.3 Å². The number of methoxy groups -OCH3 is 1. The third-order valence-electron chi connectivity index (χ3n) is 5.92. The Bertz CT molecular complexity index is 1280. The van der Waals surface area contributed by atoms with Gasteiger partial charge in [-0.25, -0.2) is 19.0 Å². The van der Waals surface area contributed by atoms with Crippen LogP contribution in [0, 0.1) is 18.6 Å². The lowest BCUT2D eigenvalue weighted by Crippen LogP contribution is -2.50. The fourth-order valence-corrected chi connectivity index (χ4v) is 3.84. The van der Waals surface area contributed by atoms with Crippen LogP contribution >= 0.6 is 0 Å². The molecule has 3 aromatic rings. The number of hydrogen-bond donors (Lipinski definition) is 2. The Labute approximate surface area is 224 Å². The van der Waals surface area contributed by atoms with Gasteiger partial charge in [-0.3, -0.25) is 19.9 Å². The minimum Gasteiger partial charge on any atom is -0.469 e. The zero-order valence-electron chi connectivity index (χ0n) is 21.8. The molecule has 0 spiro atoms. The number of rotatable bonds is 12. The van der Waals surface area contributed by atoms with E-state index in [1.807, 2.05) is 30.3 Å². The topological polar surface area (TPSA) is 123 Å². The van der Waals surface area contributed by atoms with Gasteiger partial charge in [-0.1, -0.05) is 47.6 Å². The van der Waals surface area contributed by atoms with E-state index in [9.17, 15) is 23.2 Å². The molecule has 0 fully saturated rings. The van der Waals surface area contributed by atoms with Crippen LogP contribution in [0.4, 0.5) is 19.5 Å². The van der Waals surface area contributed by atoms with Crippen LogP contribution in [-0.4, -0.2) is 47.9 Å². The molecule has 39 heavy (non-hydrogen) atoms. The molecule has 0 aliphatic carbocycles. The minimum absolute atomic E-state index is 0.00300. The van der Waals surface area contributed by atoms with Crippen LogP contribution in [0.1, 0.15) is 37.3 Å². The first-order valence-corrected chi connectivity index (χ1v) is 12.2. The highest BCUT2D eigenvalue weighted by Gasteiger charge is 2.25. The maximum Gasteiger partial charge on any atom is 0.414 e. The average Bonchev–Trinajstić information content (AvgIpc) is 3.28. The smallest absolute Gasteiger partial charge is 0.414 e. The van der Waals surface area contributed by atoms with Crippen LogP contribution in [0.2, 0.25) is 0 Å². The van der Waals surface area contributed by atoms with Crippen molar-refractivity contribution in [1.82, 2.24) is 15.6 Å². The van der Waals surface area contributed by atoms with E-state index >= 15 is 0 Å². The van der Waals surface area contributed by atoms with Gasteiger partial charge >= 0.3 is 12.1 Å². The highest BCUT2D eigenvalue weighted by atomic mass is 19.2. The number of nitrogens with zero attached hydrogens (tertiary/aromatic N) is 2. The van der Waals surface area contributed by atoms with E-state index in [-0.39, 0.29) is 37.4 Å². The summed E-state index contributed by atoms with van der Waals surface area (Å²) in [6, 6.07) is 12.2. The molecule has 208 valence electrons. The lowest BCUT2D eigenvalue weighted by Gasteiger charge is -2.31. The van der Waals surface area contributed by atoms with Gasteiger partial charge in [0.2, 0.25) is 11.8 Å². The summed E-state index contributed by atoms with van der Waals surface area (Å²) in [6.45, 7) is 2.52. The largest absolute Gasteiger partial charge is 0.469 e. The molecule has 1 heterocycles. The molecule has 0 saturated carbocycles. The molecule has 2 N–H and O–H groups in total. The number of nitrogens with one attached hydrogen (secondary N) is 2. The van der Waals surface area contributed by atoms with Crippen molar-refractivity contribution >= 4 is 23.9 Å². The highest BCUT2D eigenvalue weighted by molar-refractivity contribution is 5.85. The number of aromatic nitrogens is 1. The summed E-state index contributed by atoms with van der Waals surface area (Å²) in [6.07, 6.45) is -0.237. The standard InChI is InChI=1S/C27H30F2N4O6/c1-17-25(19-9-5-4-6-10-19)32-39-26(17)31-27(36)38-16-21(12-8-14-23(35)37-3)33(18(2)34)30-15-20-11-7-13-22(28)24(20)29/h4-7,9-11,13,21,30H,8,12,14-16H2,1-3H3,(H,31,36)/t21-/m0/s1. The van der Waals surface area contributed by atoms with Crippen molar-refractivity contribution in [1.29, 1.82) is 0 Å². The van der Waals surface area contributed by atoms with Gasteiger partial charge in [-0.2, -0.15) is 0 Å². The van der Waals surface area contributed by atoms with E-state index in [0.29, 0.717) is 17.7 Å². The normalized spacial score (nSPS) is 11.5. The van der Waals surface area contributed by atoms with Crippen LogP contribution in [-0.2, 0) is 25.6 Å². The number of anilines is 1. The number of carbonyl (C=O) groups excluding carboxylic acids is 3. The Morgan fingerprint density at radius 2 is 1.85 bits per heavy atom. The van der Waals surface area contributed by atoms with Gasteiger partial charge in [0.25, 0.3) is 0 Å². The first kappa shape index (κ1) is 29.2. The number of esters is 1. The molecule has 0 unspecified atom stereocenters. The van der Waals surface area contributed by atoms with Gasteiger partial charge in [-0.05, 0) is 25.8 Å². The molecule has 2 amide bonds. The van der Waals surface area contributed by atoms with E-state index in [1.165, 1.54) is 31.2 Å². The summed E-state index contributed by atoms with van der Waals surface area (Å²) >= 11 is 0. The van der Waals surface area contributed by atoms with E-state index in [0.717, 1.165) is 11.6 Å². The number of amides is 2. The molecule has 1 atom stereocenters. The minimum atomic E-state index is -1.04. The van der Waals surface area contributed by atoms with Gasteiger partial charge in [0, 0.05) is 36.6 Å².